The van der Waals surface area contributed by atoms with Crippen molar-refractivity contribution in [2.24, 2.45) is 0 Å². The molecule has 0 atom stereocenters. The number of aromatic nitrogens is 3. The molecular weight excluding hydrogens is 537 g/mol. The number of amides is 1. The number of benzene rings is 2. The highest BCUT2D eigenvalue weighted by molar-refractivity contribution is 6.32. The zero-order chi connectivity index (χ0) is 28.5. The third-order valence-corrected chi connectivity index (χ3v) is 6.88. The number of phenolic OH excluding ortho intramolecular Hbond substituents is 2. The van der Waals surface area contributed by atoms with E-state index in [1.165, 1.54) is 10.6 Å². The molecule has 3 aromatic rings. The summed E-state index contributed by atoms with van der Waals surface area (Å²) in [6.07, 6.45) is -4.63. The second-order valence-electron chi connectivity index (χ2n) is 9.93. The van der Waals surface area contributed by atoms with E-state index in [1.54, 1.807) is 12.1 Å². The van der Waals surface area contributed by atoms with Crippen molar-refractivity contribution in [3.63, 3.8) is 0 Å². The molecular formula is C26H30ClF3N6O3. The van der Waals surface area contributed by atoms with Crippen molar-refractivity contribution in [3.05, 3.63) is 52.3 Å². The topological polar surface area (TPSA) is 107 Å². The van der Waals surface area contributed by atoms with E-state index in [9.17, 15) is 28.2 Å². The molecule has 1 aromatic heterocycles. The molecule has 0 aliphatic carbocycles. The Morgan fingerprint density at radius 2 is 1.77 bits per heavy atom. The summed E-state index contributed by atoms with van der Waals surface area (Å²) in [4.78, 5) is 17.4. The van der Waals surface area contributed by atoms with Crippen molar-refractivity contribution in [2.75, 3.05) is 39.8 Å². The van der Waals surface area contributed by atoms with Crippen molar-refractivity contribution in [3.8, 4) is 28.6 Å². The van der Waals surface area contributed by atoms with E-state index in [-0.39, 0.29) is 39.5 Å². The molecule has 0 radical (unpaired) electrons. The van der Waals surface area contributed by atoms with Crippen LogP contribution in [0.3, 0.4) is 0 Å². The first-order valence-corrected chi connectivity index (χ1v) is 12.8. The lowest BCUT2D eigenvalue weighted by molar-refractivity contribution is -0.123. The molecule has 9 nitrogen and oxygen atoms in total. The van der Waals surface area contributed by atoms with Crippen molar-refractivity contribution >= 4 is 17.5 Å². The van der Waals surface area contributed by atoms with Gasteiger partial charge in [0.1, 0.15) is 18.0 Å². The van der Waals surface area contributed by atoms with E-state index in [0.29, 0.717) is 12.1 Å². The van der Waals surface area contributed by atoms with Gasteiger partial charge in [-0.3, -0.25) is 14.3 Å². The van der Waals surface area contributed by atoms with E-state index in [4.69, 9.17) is 11.6 Å². The summed E-state index contributed by atoms with van der Waals surface area (Å²) < 4.78 is 39.7. The zero-order valence-electron chi connectivity index (χ0n) is 21.8. The summed E-state index contributed by atoms with van der Waals surface area (Å²) >= 11 is 6.68. The number of nitrogens with one attached hydrogen (secondary N) is 1. The number of piperazine rings is 1. The van der Waals surface area contributed by atoms with Crippen LogP contribution in [0.25, 0.3) is 17.1 Å². The van der Waals surface area contributed by atoms with Crippen LogP contribution in [-0.4, -0.2) is 86.6 Å². The Morgan fingerprint density at radius 3 is 2.38 bits per heavy atom. The molecule has 1 fully saturated rings. The molecule has 0 spiro atoms. The van der Waals surface area contributed by atoms with Crippen LogP contribution in [0, 0.1) is 0 Å². The summed E-state index contributed by atoms with van der Waals surface area (Å²) in [6.45, 7) is 6.45. The standard InChI is InChI=1S/C26H30ClF3N6O3/c1-15(2)17-11-18(22(38)12-21(17)37)23-32-33-24(25(39)31-14-26(28,29)30)36(23)20-5-4-16(10-19(20)27)13-35-8-6-34(3)7-9-35/h4-5,10-12,15,37-38H,6-9,13-14H2,1-3H3,(H,31,39). The van der Waals surface area contributed by atoms with Gasteiger partial charge in [-0.2, -0.15) is 13.2 Å². The Kier molecular flexibility index (Phi) is 8.38. The number of alkyl halides is 3. The number of rotatable bonds is 7. The van der Waals surface area contributed by atoms with Gasteiger partial charge in [0.2, 0.25) is 5.82 Å². The van der Waals surface area contributed by atoms with Crippen LogP contribution >= 0.6 is 11.6 Å². The summed E-state index contributed by atoms with van der Waals surface area (Å²) in [7, 11) is 2.07. The smallest absolute Gasteiger partial charge is 0.405 e. The van der Waals surface area contributed by atoms with Gasteiger partial charge >= 0.3 is 6.18 Å². The monoisotopic (exact) mass is 566 g/mol. The molecule has 1 aliphatic heterocycles. The van der Waals surface area contributed by atoms with Gasteiger partial charge in [-0.1, -0.05) is 31.5 Å². The molecule has 1 saturated heterocycles. The maximum absolute atomic E-state index is 12.8. The van der Waals surface area contributed by atoms with Gasteiger partial charge in [-0.05, 0) is 42.3 Å². The normalized spacial score (nSPS) is 15.2. The van der Waals surface area contributed by atoms with E-state index in [0.717, 1.165) is 37.8 Å². The van der Waals surface area contributed by atoms with Crippen LogP contribution in [0.15, 0.2) is 30.3 Å². The number of hydrogen-bond acceptors (Lipinski definition) is 7. The second kappa shape index (κ2) is 11.4. The van der Waals surface area contributed by atoms with Crippen LogP contribution in [-0.2, 0) is 6.54 Å². The molecule has 1 amide bonds. The molecule has 39 heavy (non-hydrogen) atoms. The largest absolute Gasteiger partial charge is 0.508 e. The molecule has 2 aromatic carbocycles. The second-order valence-corrected chi connectivity index (χ2v) is 10.3. The Hall–Kier alpha value is -3.35. The SMILES string of the molecule is CC(C)c1cc(-c2nnc(C(=O)NCC(F)(F)F)n2-c2ccc(CN3CCN(C)CC3)cc2Cl)c(O)cc1O. The first-order valence-electron chi connectivity index (χ1n) is 12.4. The van der Waals surface area contributed by atoms with Crippen molar-refractivity contribution < 1.29 is 28.2 Å². The Morgan fingerprint density at radius 1 is 1.08 bits per heavy atom. The molecule has 3 N–H and O–H groups in total. The number of nitrogens with zero attached hydrogens (tertiary/aromatic N) is 5. The van der Waals surface area contributed by atoms with Gasteiger partial charge in [0.05, 0.1) is 16.3 Å². The minimum Gasteiger partial charge on any atom is -0.508 e. The number of carbonyl (C=O) groups is 1. The average molecular weight is 567 g/mol. The van der Waals surface area contributed by atoms with Gasteiger partial charge in [0.15, 0.2) is 5.82 Å². The number of hydrogen-bond donors (Lipinski definition) is 3. The van der Waals surface area contributed by atoms with Crippen molar-refractivity contribution in [2.45, 2.75) is 32.5 Å². The van der Waals surface area contributed by atoms with Gasteiger partial charge < -0.3 is 20.4 Å². The fraction of sp³-hybridized carbons (Fsp3) is 0.423. The highest BCUT2D eigenvalue weighted by Gasteiger charge is 2.31. The van der Waals surface area contributed by atoms with Crippen LogP contribution in [0.1, 0.15) is 41.5 Å². The first-order chi connectivity index (χ1) is 18.3. The van der Waals surface area contributed by atoms with E-state index >= 15 is 0 Å². The molecule has 0 unspecified atom stereocenters. The Balaban J connectivity index is 1.78. The minimum atomic E-state index is -4.63. The predicted octanol–water partition coefficient (Wildman–Crippen LogP) is 4.16. The lowest BCUT2D eigenvalue weighted by Crippen LogP contribution is -2.43. The van der Waals surface area contributed by atoms with E-state index in [1.807, 2.05) is 25.2 Å². The fourth-order valence-electron chi connectivity index (χ4n) is 4.42. The van der Waals surface area contributed by atoms with Crippen LogP contribution in [0.4, 0.5) is 13.2 Å². The number of aromatic hydroxyl groups is 2. The average Bonchev–Trinajstić information content (AvgIpc) is 3.28. The Labute approximate surface area is 228 Å². The lowest BCUT2D eigenvalue weighted by Gasteiger charge is -2.32. The van der Waals surface area contributed by atoms with Gasteiger partial charge in [0, 0.05) is 38.8 Å². The van der Waals surface area contributed by atoms with Gasteiger partial charge in [-0.15, -0.1) is 10.2 Å². The van der Waals surface area contributed by atoms with E-state index < -0.39 is 24.5 Å². The fourth-order valence-corrected chi connectivity index (χ4v) is 4.71. The summed E-state index contributed by atoms with van der Waals surface area (Å²) in [6, 6.07) is 7.84. The summed E-state index contributed by atoms with van der Waals surface area (Å²) in [5.74, 6) is -2.21. The Bertz CT molecular complexity index is 1350. The first kappa shape index (κ1) is 28.7. The number of likely N-dealkylation sites (N-methyl/N-ethyl adjacent to an activating group) is 1. The molecule has 2 heterocycles. The molecule has 1 aliphatic rings. The highest BCUT2D eigenvalue weighted by atomic mass is 35.5. The molecule has 210 valence electrons. The zero-order valence-corrected chi connectivity index (χ0v) is 22.5. The molecule has 13 heteroatoms. The summed E-state index contributed by atoms with van der Waals surface area (Å²) in [5, 5.41) is 30.9. The lowest BCUT2D eigenvalue weighted by atomic mass is 9.98. The van der Waals surface area contributed by atoms with E-state index in [2.05, 4.69) is 27.0 Å². The van der Waals surface area contributed by atoms with Crippen molar-refractivity contribution in [1.29, 1.82) is 0 Å². The molecule has 0 saturated carbocycles. The maximum atomic E-state index is 12.8. The van der Waals surface area contributed by atoms with Gasteiger partial charge in [-0.25, -0.2) is 0 Å². The third-order valence-electron chi connectivity index (χ3n) is 6.58. The highest BCUT2D eigenvalue weighted by Crippen LogP contribution is 2.39. The number of carbonyl (C=O) groups excluding carboxylic acids is 1. The van der Waals surface area contributed by atoms with Crippen LogP contribution in [0.5, 0.6) is 11.5 Å². The van der Waals surface area contributed by atoms with Crippen LogP contribution in [0.2, 0.25) is 5.02 Å². The molecule has 4 rings (SSSR count). The number of halogens is 4. The molecule has 0 bridgehead atoms. The number of phenols is 2. The third kappa shape index (κ3) is 6.63. The van der Waals surface area contributed by atoms with Gasteiger partial charge in [0.25, 0.3) is 5.91 Å². The maximum Gasteiger partial charge on any atom is 0.405 e. The minimum absolute atomic E-state index is 0.0275. The van der Waals surface area contributed by atoms with Crippen molar-refractivity contribution in [1.82, 2.24) is 29.9 Å². The van der Waals surface area contributed by atoms with Crippen LogP contribution < -0.4 is 5.32 Å². The summed E-state index contributed by atoms with van der Waals surface area (Å²) in [5.41, 5.74) is 1.78. The predicted molar refractivity (Wildman–Crippen MR) is 140 cm³/mol. The quantitative estimate of drug-likeness (QED) is 0.394.